The second kappa shape index (κ2) is 10.0. The Hall–Kier alpha value is -2.07. The van der Waals surface area contributed by atoms with Crippen molar-refractivity contribution in [3.8, 4) is 5.75 Å². The van der Waals surface area contributed by atoms with Crippen LogP contribution in [0.2, 0.25) is 5.02 Å². The van der Waals surface area contributed by atoms with Gasteiger partial charge in [-0.2, -0.15) is 4.31 Å². The van der Waals surface area contributed by atoms with Crippen molar-refractivity contribution in [3.63, 3.8) is 0 Å². The molecular weight excluding hydrogens is 458 g/mol. The molecule has 1 aliphatic heterocycles. The number of thioether (sulfide) groups is 1. The summed E-state index contributed by atoms with van der Waals surface area (Å²) in [4.78, 5) is 19.3. The van der Waals surface area contributed by atoms with Crippen LogP contribution < -0.4 is 4.74 Å². The van der Waals surface area contributed by atoms with Crippen LogP contribution in [-0.4, -0.2) is 61.7 Å². The number of ether oxygens (including phenoxy) is 1. The summed E-state index contributed by atoms with van der Waals surface area (Å²) in [5, 5.41) is 0.980. The van der Waals surface area contributed by atoms with Crippen molar-refractivity contribution < 1.29 is 17.9 Å². The SMILES string of the molecule is COc1ccc(C)cc1N=C1SCCCN1C(=O)CN(C)S(=O)(=O)c1ccc(Cl)cc1. The molecule has 0 bridgehead atoms. The molecule has 0 unspecified atom stereocenters. The number of carbonyl (C=O) groups is 1. The van der Waals surface area contributed by atoms with E-state index in [0.29, 0.717) is 28.2 Å². The highest BCUT2D eigenvalue weighted by molar-refractivity contribution is 8.13. The quantitative estimate of drug-likeness (QED) is 0.624. The van der Waals surface area contributed by atoms with Crippen molar-refractivity contribution in [1.82, 2.24) is 9.21 Å². The number of carbonyl (C=O) groups excluding carboxylic acids is 1. The molecule has 31 heavy (non-hydrogen) atoms. The lowest BCUT2D eigenvalue weighted by Gasteiger charge is -2.29. The summed E-state index contributed by atoms with van der Waals surface area (Å²) in [5.74, 6) is 1.10. The van der Waals surface area contributed by atoms with Crippen LogP contribution in [0.5, 0.6) is 5.75 Å². The topological polar surface area (TPSA) is 79.3 Å². The van der Waals surface area contributed by atoms with E-state index in [0.717, 1.165) is 22.0 Å². The molecule has 1 fully saturated rings. The maximum absolute atomic E-state index is 13.0. The monoisotopic (exact) mass is 481 g/mol. The van der Waals surface area contributed by atoms with Gasteiger partial charge in [0.15, 0.2) is 5.17 Å². The predicted molar refractivity (Wildman–Crippen MR) is 125 cm³/mol. The second-order valence-electron chi connectivity index (χ2n) is 7.03. The van der Waals surface area contributed by atoms with E-state index in [2.05, 4.69) is 4.99 Å². The normalized spacial score (nSPS) is 16.0. The molecule has 0 aliphatic carbocycles. The molecule has 0 spiro atoms. The van der Waals surface area contributed by atoms with E-state index < -0.39 is 10.0 Å². The van der Waals surface area contributed by atoms with Crippen LogP contribution in [0.25, 0.3) is 0 Å². The standard InChI is InChI=1S/C21H24ClN3O4S2/c1-15-5-10-19(29-3)18(13-15)23-21-25(11-4-12-30-21)20(26)14-24(2)31(27,28)17-8-6-16(22)7-9-17/h5-10,13H,4,11-12,14H2,1-3H3. The molecule has 2 aromatic rings. The zero-order valence-electron chi connectivity index (χ0n) is 17.5. The van der Waals surface area contributed by atoms with Gasteiger partial charge in [0.25, 0.3) is 0 Å². The summed E-state index contributed by atoms with van der Waals surface area (Å²) in [6.45, 7) is 2.14. The van der Waals surface area contributed by atoms with Gasteiger partial charge in [-0.15, -0.1) is 0 Å². The molecule has 0 radical (unpaired) electrons. The number of likely N-dealkylation sites (N-methyl/N-ethyl adjacent to an activating group) is 1. The fraction of sp³-hybridized carbons (Fsp3) is 0.333. The van der Waals surface area contributed by atoms with Gasteiger partial charge in [-0.1, -0.05) is 29.4 Å². The highest BCUT2D eigenvalue weighted by atomic mass is 35.5. The van der Waals surface area contributed by atoms with Crippen LogP contribution in [0.15, 0.2) is 52.4 Å². The van der Waals surface area contributed by atoms with Gasteiger partial charge in [-0.3, -0.25) is 9.69 Å². The zero-order chi connectivity index (χ0) is 22.6. The maximum Gasteiger partial charge on any atom is 0.243 e. The van der Waals surface area contributed by atoms with Crippen molar-refractivity contribution >= 4 is 50.1 Å². The molecular formula is C21H24ClN3O4S2. The lowest BCUT2D eigenvalue weighted by molar-refractivity contribution is -0.127. The lowest BCUT2D eigenvalue weighted by Crippen LogP contribution is -2.45. The van der Waals surface area contributed by atoms with Gasteiger partial charge in [0.1, 0.15) is 11.4 Å². The Morgan fingerprint density at radius 3 is 2.65 bits per heavy atom. The van der Waals surface area contributed by atoms with Crippen molar-refractivity contribution in [2.75, 3.05) is 33.0 Å². The lowest BCUT2D eigenvalue weighted by atomic mass is 10.2. The first kappa shape index (κ1) is 23.6. The molecule has 166 valence electrons. The van der Waals surface area contributed by atoms with Crippen molar-refractivity contribution in [2.45, 2.75) is 18.2 Å². The number of sulfonamides is 1. The van der Waals surface area contributed by atoms with Gasteiger partial charge < -0.3 is 4.74 Å². The Morgan fingerprint density at radius 2 is 1.97 bits per heavy atom. The first-order chi connectivity index (χ1) is 14.7. The number of methoxy groups -OCH3 is 1. The number of rotatable bonds is 6. The average Bonchev–Trinajstić information content (AvgIpc) is 2.74. The van der Waals surface area contributed by atoms with Gasteiger partial charge >= 0.3 is 0 Å². The fourth-order valence-electron chi connectivity index (χ4n) is 3.02. The number of amides is 1. The van der Waals surface area contributed by atoms with Crippen molar-refractivity contribution in [1.29, 1.82) is 0 Å². The first-order valence-electron chi connectivity index (χ1n) is 9.61. The smallest absolute Gasteiger partial charge is 0.243 e. The average molecular weight is 482 g/mol. The summed E-state index contributed by atoms with van der Waals surface area (Å²) in [5.41, 5.74) is 1.65. The van der Waals surface area contributed by atoms with E-state index in [1.54, 1.807) is 12.0 Å². The number of amidine groups is 1. The van der Waals surface area contributed by atoms with E-state index >= 15 is 0 Å². The molecule has 1 aliphatic rings. The molecule has 10 heteroatoms. The zero-order valence-corrected chi connectivity index (χ0v) is 19.9. The summed E-state index contributed by atoms with van der Waals surface area (Å²) in [6, 6.07) is 11.5. The number of halogens is 1. The fourth-order valence-corrected chi connectivity index (χ4v) is 5.24. The van der Waals surface area contributed by atoms with Gasteiger partial charge in [0, 0.05) is 24.4 Å². The van der Waals surface area contributed by atoms with Gasteiger partial charge in [0.05, 0.1) is 18.6 Å². The number of nitrogens with zero attached hydrogens (tertiary/aromatic N) is 3. The molecule has 0 N–H and O–H groups in total. The largest absolute Gasteiger partial charge is 0.494 e. The van der Waals surface area contributed by atoms with E-state index in [9.17, 15) is 13.2 Å². The molecule has 3 rings (SSSR count). The highest BCUT2D eigenvalue weighted by Crippen LogP contribution is 2.31. The molecule has 1 amide bonds. The molecule has 2 aromatic carbocycles. The minimum Gasteiger partial charge on any atom is -0.494 e. The molecule has 0 atom stereocenters. The van der Waals surface area contributed by atoms with E-state index in [1.165, 1.54) is 43.1 Å². The molecule has 0 saturated carbocycles. The molecule has 1 saturated heterocycles. The summed E-state index contributed by atoms with van der Waals surface area (Å²) in [7, 11) is -0.862. The number of aliphatic imine (C=N–C) groups is 1. The van der Waals surface area contributed by atoms with Crippen LogP contribution in [-0.2, 0) is 14.8 Å². The summed E-state index contributed by atoms with van der Waals surface area (Å²) >= 11 is 7.32. The van der Waals surface area contributed by atoms with Gasteiger partial charge in [-0.05, 0) is 55.3 Å². The minimum absolute atomic E-state index is 0.0820. The Labute approximate surface area is 192 Å². The van der Waals surface area contributed by atoms with E-state index in [-0.39, 0.29) is 17.3 Å². The Balaban J connectivity index is 1.82. The minimum atomic E-state index is -3.82. The first-order valence-corrected chi connectivity index (χ1v) is 12.4. The Kier molecular flexibility index (Phi) is 7.64. The van der Waals surface area contributed by atoms with Crippen LogP contribution in [0.1, 0.15) is 12.0 Å². The maximum atomic E-state index is 13.0. The Morgan fingerprint density at radius 1 is 1.26 bits per heavy atom. The van der Waals surface area contributed by atoms with Gasteiger partial charge in [0.2, 0.25) is 15.9 Å². The number of benzene rings is 2. The number of hydrogen-bond donors (Lipinski definition) is 0. The van der Waals surface area contributed by atoms with Crippen molar-refractivity contribution in [3.05, 3.63) is 53.1 Å². The highest BCUT2D eigenvalue weighted by Gasteiger charge is 2.29. The van der Waals surface area contributed by atoms with Crippen LogP contribution in [0, 0.1) is 6.92 Å². The third-order valence-corrected chi connectivity index (χ3v) is 7.85. The number of hydrogen-bond acceptors (Lipinski definition) is 6. The summed E-state index contributed by atoms with van der Waals surface area (Å²) < 4.78 is 32.1. The predicted octanol–water partition coefficient (Wildman–Crippen LogP) is 3.93. The van der Waals surface area contributed by atoms with Crippen LogP contribution in [0.4, 0.5) is 5.69 Å². The van der Waals surface area contributed by atoms with Crippen LogP contribution in [0.3, 0.4) is 0 Å². The Bertz CT molecular complexity index is 1090. The molecule has 1 heterocycles. The van der Waals surface area contributed by atoms with Crippen LogP contribution >= 0.6 is 23.4 Å². The summed E-state index contributed by atoms with van der Waals surface area (Å²) in [6.07, 6.45) is 0.800. The van der Waals surface area contributed by atoms with E-state index in [1.807, 2.05) is 25.1 Å². The third-order valence-electron chi connectivity index (χ3n) is 4.72. The second-order valence-corrected chi connectivity index (χ2v) is 10.6. The third kappa shape index (κ3) is 5.60. The van der Waals surface area contributed by atoms with E-state index in [4.69, 9.17) is 16.3 Å². The van der Waals surface area contributed by atoms with Gasteiger partial charge in [-0.25, -0.2) is 13.4 Å². The molecule has 7 nitrogen and oxygen atoms in total. The van der Waals surface area contributed by atoms with Crippen molar-refractivity contribution in [2.24, 2.45) is 4.99 Å². The number of aryl methyl sites for hydroxylation is 1. The molecule has 0 aromatic heterocycles.